The van der Waals surface area contributed by atoms with E-state index in [4.69, 9.17) is 10.2 Å². The fourth-order valence-corrected chi connectivity index (χ4v) is 4.60. The lowest BCUT2D eigenvalue weighted by atomic mass is 10.1. The number of amides is 1. The van der Waals surface area contributed by atoms with Crippen molar-refractivity contribution in [3.05, 3.63) is 117 Å². The van der Waals surface area contributed by atoms with Crippen molar-refractivity contribution in [1.82, 2.24) is 15.2 Å². The molecule has 0 aliphatic carbocycles. The Balaban J connectivity index is 0.000000244. The van der Waals surface area contributed by atoms with Crippen molar-refractivity contribution in [2.45, 2.75) is 24.5 Å². The highest BCUT2D eigenvalue weighted by Gasteiger charge is 2.31. The van der Waals surface area contributed by atoms with Gasteiger partial charge in [0.2, 0.25) is 5.91 Å². The number of carbonyl (C=O) groups excluding carboxylic acids is 1. The molecule has 2 heterocycles. The zero-order chi connectivity index (χ0) is 32.8. The Labute approximate surface area is 248 Å². The molecule has 4 rings (SSSR count). The van der Waals surface area contributed by atoms with E-state index in [-0.39, 0.29) is 22.2 Å². The molecule has 1 aliphatic rings. The summed E-state index contributed by atoms with van der Waals surface area (Å²) in [6.07, 6.45) is 1.81. The Bertz CT molecular complexity index is 1830. The van der Waals surface area contributed by atoms with Gasteiger partial charge in [-0.2, -0.15) is 13.2 Å². The molecule has 0 spiro atoms. The van der Waals surface area contributed by atoms with Crippen molar-refractivity contribution in [3.8, 4) is 5.69 Å². The van der Waals surface area contributed by atoms with Crippen LogP contribution in [0.2, 0.25) is 0 Å². The first-order valence-corrected chi connectivity index (χ1v) is 14.5. The van der Waals surface area contributed by atoms with Crippen molar-refractivity contribution in [2.24, 2.45) is 0 Å². The predicted molar refractivity (Wildman–Crippen MR) is 152 cm³/mol. The van der Waals surface area contributed by atoms with E-state index < -0.39 is 50.2 Å². The van der Waals surface area contributed by atoms with Gasteiger partial charge in [0.15, 0.2) is 9.84 Å². The number of allylic oxidation sites excluding steroid dienone is 2. The van der Waals surface area contributed by atoms with Crippen LogP contribution in [0.3, 0.4) is 0 Å². The number of nitrogens with zero attached hydrogens (tertiary/aromatic N) is 1. The van der Waals surface area contributed by atoms with Crippen LogP contribution in [0.1, 0.15) is 37.5 Å². The number of aromatic carboxylic acids is 2. The smallest absolute Gasteiger partial charge is 0.416 e. The molecule has 44 heavy (non-hydrogen) atoms. The number of hydrogen-bond acceptors (Lipinski definition) is 7. The molecule has 0 bridgehead atoms. The summed E-state index contributed by atoms with van der Waals surface area (Å²) in [5.41, 5.74) is -2.46. The van der Waals surface area contributed by atoms with E-state index in [0.717, 1.165) is 23.8 Å². The van der Waals surface area contributed by atoms with Gasteiger partial charge in [0, 0.05) is 36.3 Å². The molecule has 0 unspecified atom stereocenters. The van der Waals surface area contributed by atoms with Gasteiger partial charge in [-0.05, 0) is 61.2 Å². The number of alkyl halides is 3. The van der Waals surface area contributed by atoms with Crippen LogP contribution in [0.15, 0.2) is 88.2 Å². The fourth-order valence-electron chi connectivity index (χ4n) is 3.97. The lowest BCUT2D eigenvalue weighted by Gasteiger charge is -2.15. The summed E-state index contributed by atoms with van der Waals surface area (Å²) in [5, 5.41) is 23.9. The number of rotatable bonds is 7. The molecule has 0 saturated carbocycles. The van der Waals surface area contributed by atoms with Crippen LogP contribution in [-0.2, 0) is 27.4 Å². The monoisotopic (exact) mass is 633 g/mol. The molecule has 15 heteroatoms. The highest BCUT2D eigenvalue weighted by molar-refractivity contribution is 7.90. The average Bonchev–Trinajstić information content (AvgIpc) is 2.96. The van der Waals surface area contributed by atoms with Gasteiger partial charge in [-0.15, -0.1) is 0 Å². The summed E-state index contributed by atoms with van der Waals surface area (Å²) < 4.78 is 61.8. The van der Waals surface area contributed by atoms with E-state index in [1.165, 1.54) is 13.2 Å². The Hall–Kier alpha value is -5.18. The highest BCUT2D eigenvalue weighted by atomic mass is 32.2. The van der Waals surface area contributed by atoms with Crippen molar-refractivity contribution in [3.63, 3.8) is 0 Å². The second kappa shape index (κ2) is 13.4. The summed E-state index contributed by atoms with van der Waals surface area (Å²) in [6, 6.07) is 10.8. The second-order valence-corrected chi connectivity index (χ2v) is 11.4. The zero-order valence-corrected chi connectivity index (χ0v) is 24.0. The van der Waals surface area contributed by atoms with Gasteiger partial charge >= 0.3 is 18.1 Å². The minimum Gasteiger partial charge on any atom is -0.478 e. The van der Waals surface area contributed by atoms with E-state index in [0.29, 0.717) is 35.4 Å². The van der Waals surface area contributed by atoms with Crippen LogP contribution in [0.25, 0.3) is 5.69 Å². The van der Waals surface area contributed by atoms with Crippen molar-refractivity contribution in [2.75, 3.05) is 12.8 Å². The lowest BCUT2D eigenvalue weighted by Crippen LogP contribution is -2.29. The van der Waals surface area contributed by atoms with Crippen LogP contribution in [-0.4, -0.2) is 53.8 Å². The minimum atomic E-state index is -4.67. The number of halogens is 3. The number of carboxylic acid groups (broad SMARTS) is 2. The van der Waals surface area contributed by atoms with E-state index in [1.54, 1.807) is 42.6 Å². The van der Waals surface area contributed by atoms with Crippen LogP contribution in [0.5, 0.6) is 0 Å². The summed E-state index contributed by atoms with van der Waals surface area (Å²) >= 11 is 0. The molecular formula is C29H26F3N3O8S. The molecule has 4 N–H and O–H groups in total. The molecule has 1 amide bonds. The quantitative estimate of drug-likeness (QED) is 0.305. The first kappa shape index (κ1) is 33.3. The lowest BCUT2D eigenvalue weighted by molar-refractivity contribution is -0.137. The molecule has 0 saturated heterocycles. The Morgan fingerprint density at radius 2 is 1.64 bits per heavy atom. The molecule has 1 aliphatic heterocycles. The van der Waals surface area contributed by atoms with Crippen LogP contribution < -0.4 is 16.2 Å². The van der Waals surface area contributed by atoms with Crippen LogP contribution in [0.4, 0.5) is 13.2 Å². The van der Waals surface area contributed by atoms with Gasteiger partial charge in [0.25, 0.3) is 5.56 Å². The maximum absolute atomic E-state index is 12.8. The molecular weight excluding hydrogens is 607 g/mol. The van der Waals surface area contributed by atoms with E-state index >= 15 is 0 Å². The molecule has 11 nitrogen and oxygen atoms in total. The Morgan fingerprint density at radius 3 is 2.16 bits per heavy atom. The average molecular weight is 634 g/mol. The zero-order valence-electron chi connectivity index (χ0n) is 23.2. The SMILES string of the molecule is CS(=O)(=O)c1ccc(CNC(=O)C2=CC=CNC2)cc1.Cc1c(C(=O)O)cc(C(=O)O)c(=O)n1-c1cccc(C(F)(F)F)c1. The third-order valence-corrected chi connectivity index (χ3v) is 7.37. The normalized spacial score (nSPS) is 12.7. The third-order valence-electron chi connectivity index (χ3n) is 6.24. The number of carbonyl (C=O) groups is 3. The molecule has 0 atom stereocenters. The van der Waals surface area contributed by atoms with Crippen molar-refractivity contribution in [1.29, 1.82) is 0 Å². The topological polar surface area (TPSA) is 172 Å². The summed E-state index contributed by atoms with van der Waals surface area (Å²) in [5.74, 6) is -3.31. The molecule has 0 radical (unpaired) electrons. The van der Waals surface area contributed by atoms with Crippen LogP contribution in [0, 0.1) is 6.92 Å². The molecule has 0 fully saturated rings. The number of nitrogens with one attached hydrogen (secondary N) is 2. The largest absolute Gasteiger partial charge is 0.478 e. The number of aromatic nitrogens is 1. The van der Waals surface area contributed by atoms with Gasteiger partial charge in [-0.1, -0.05) is 24.3 Å². The molecule has 232 valence electrons. The molecule has 1 aromatic heterocycles. The number of hydrogen-bond donors (Lipinski definition) is 4. The van der Waals surface area contributed by atoms with E-state index in [1.807, 2.05) is 0 Å². The number of carboxylic acids is 2. The Morgan fingerprint density at radius 1 is 1.00 bits per heavy atom. The first-order chi connectivity index (χ1) is 20.5. The Kier molecular flexibility index (Phi) is 10.2. The van der Waals surface area contributed by atoms with E-state index in [2.05, 4.69) is 10.6 Å². The maximum atomic E-state index is 12.8. The summed E-state index contributed by atoms with van der Waals surface area (Å²) in [7, 11) is -3.18. The number of sulfone groups is 1. The van der Waals surface area contributed by atoms with Crippen molar-refractivity contribution >= 4 is 27.7 Å². The van der Waals surface area contributed by atoms with Gasteiger partial charge in [-0.25, -0.2) is 18.0 Å². The van der Waals surface area contributed by atoms with Gasteiger partial charge in [-0.3, -0.25) is 14.2 Å². The van der Waals surface area contributed by atoms with Crippen LogP contribution >= 0.6 is 0 Å². The number of pyridine rings is 1. The van der Waals surface area contributed by atoms with Gasteiger partial charge in [0.05, 0.1) is 16.0 Å². The third kappa shape index (κ3) is 8.22. The number of dihydropyridines is 1. The second-order valence-electron chi connectivity index (χ2n) is 9.39. The first-order valence-electron chi connectivity index (χ1n) is 12.6. The van der Waals surface area contributed by atoms with Gasteiger partial charge in [0.1, 0.15) is 5.56 Å². The predicted octanol–water partition coefficient (Wildman–Crippen LogP) is 3.31. The van der Waals surface area contributed by atoms with Gasteiger partial charge < -0.3 is 20.8 Å². The fraction of sp³-hybridized carbons (Fsp3) is 0.172. The van der Waals surface area contributed by atoms with E-state index in [9.17, 15) is 40.8 Å². The standard InChI is InChI=1S/C15H10F3NO5.C14H16N2O3S/c1-7-10(13(21)22)6-11(14(23)24)12(20)19(7)9-4-2-3-8(5-9)15(16,17)18;1-20(18,19)13-6-4-11(5-7-13)9-16-14(17)12-3-2-8-15-10-12/h2-6H,1H3,(H,21,22)(H,23,24);2-8,15H,9-10H2,1H3,(H,16,17). The maximum Gasteiger partial charge on any atom is 0.416 e. The number of benzene rings is 2. The summed E-state index contributed by atoms with van der Waals surface area (Å²) in [6.45, 7) is 2.08. The molecule has 3 aromatic rings. The van der Waals surface area contributed by atoms with Crippen molar-refractivity contribution < 1.29 is 46.2 Å². The highest BCUT2D eigenvalue weighted by Crippen LogP contribution is 2.30. The molecule has 2 aromatic carbocycles. The summed E-state index contributed by atoms with van der Waals surface area (Å²) in [4.78, 5) is 46.8. The minimum absolute atomic E-state index is 0.131.